The monoisotopic (exact) mass is 300 g/mol. The van der Waals surface area contributed by atoms with E-state index >= 15 is 0 Å². The minimum absolute atomic E-state index is 0.496. The van der Waals surface area contributed by atoms with Crippen LogP contribution in [0.4, 0.5) is 0 Å². The number of hydrogen-bond acceptors (Lipinski definition) is 3. The first-order valence-electron chi connectivity index (χ1n) is 8.14. The third-order valence-electron chi connectivity index (χ3n) is 3.90. The summed E-state index contributed by atoms with van der Waals surface area (Å²) >= 11 is 0. The molecule has 0 unspecified atom stereocenters. The van der Waals surface area contributed by atoms with Crippen LogP contribution in [0.25, 0.3) is 0 Å². The van der Waals surface area contributed by atoms with Gasteiger partial charge in [0.05, 0.1) is 0 Å². The maximum absolute atomic E-state index is 12.1. The highest BCUT2D eigenvalue weighted by Crippen LogP contribution is 2.35. The summed E-state index contributed by atoms with van der Waals surface area (Å²) in [5.41, 5.74) is 9.07. The van der Waals surface area contributed by atoms with Crippen molar-refractivity contribution in [2.75, 3.05) is 0 Å². The Hall–Kier alpha value is -1.10. The summed E-state index contributed by atoms with van der Waals surface area (Å²) in [6.45, 7) is 7.90. The number of rotatable bonds is 12. The van der Waals surface area contributed by atoms with E-state index in [0.29, 0.717) is 25.7 Å². The number of primary amides is 2. The molecule has 0 aliphatic carbocycles. The van der Waals surface area contributed by atoms with Crippen molar-refractivity contribution in [1.82, 2.24) is 0 Å². The van der Waals surface area contributed by atoms with Crippen LogP contribution in [0.3, 0.4) is 0 Å². The molecule has 124 valence electrons. The average Bonchev–Trinajstić information content (AvgIpc) is 2.39. The van der Waals surface area contributed by atoms with Gasteiger partial charge in [-0.25, -0.2) is 0 Å². The minimum Gasteiger partial charge on any atom is -0.367 e. The van der Waals surface area contributed by atoms with E-state index in [0.717, 1.165) is 25.7 Å². The zero-order chi connectivity index (χ0) is 16.5. The first kappa shape index (κ1) is 19.9. The molecular formula is C16H32N2O3. The zero-order valence-electron chi connectivity index (χ0n) is 14.0. The van der Waals surface area contributed by atoms with Crippen LogP contribution in [-0.4, -0.2) is 23.0 Å². The van der Waals surface area contributed by atoms with E-state index in [4.69, 9.17) is 16.2 Å². The Kier molecular flexibility index (Phi) is 8.55. The predicted molar refractivity (Wildman–Crippen MR) is 84.6 cm³/mol. The number of carbonyl (C=O) groups excluding carboxylic acids is 2. The van der Waals surface area contributed by atoms with Crippen molar-refractivity contribution < 1.29 is 14.3 Å². The summed E-state index contributed by atoms with van der Waals surface area (Å²) < 4.78 is 6.16. The molecule has 0 aromatic carbocycles. The summed E-state index contributed by atoms with van der Waals surface area (Å²) in [7, 11) is 0. The largest absolute Gasteiger partial charge is 0.367 e. The Labute approximate surface area is 128 Å². The van der Waals surface area contributed by atoms with Crippen molar-refractivity contribution in [3.63, 3.8) is 0 Å². The van der Waals surface area contributed by atoms with Gasteiger partial charge >= 0.3 is 0 Å². The fourth-order valence-corrected chi connectivity index (χ4v) is 3.04. The van der Waals surface area contributed by atoms with E-state index in [1.807, 2.05) is 27.7 Å². The highest BCUT2D eigenvalue weighted by molar-refractivity contribution is 5.86. The van der Waals surface area contributed by atoms with E-state index in [9.17, 15) is 9.59 Å². The Balaban J connectivity index is 5.65. The minimum atomic E-state index is -1.09. The summed E-state index contributed by atoms with van der Waals surface area (Å²) in [4.78, 5) is 24.1. The SMILES string of the molecule is CCCC(CCC)(OC(CCC)(CCC)C(N)=O)C(N)=O. The number of nitrogens with two attached hydrogens (primary N) is 2. The summed E-state index contributed by atoms with van der Waals surface area (Å²) in [5.74, 6) is -0.993. The van der Waals surface area contributed by atoms with Crippen molar-refractivity contribution in [1.29, 1.82) is 0 Å². The molecule has 0 saturated carbocycles. The van der Waals surface area contributed by atoms with Crippen LogP contribution in [-0.2, 0) is 14.3 Å². The van der Waals surface area contributed by atoms with Gasteiger partial charge in [-0.2, -0.15) is 0 Å². The number of ether oxygens (including phenoxy) is 1. The van der Waals surface area contributed by atoms with Crippen molar-refractivity contribution in [3.05, 3.63) is 0 Å². The fourth-order valence-electron chi connectivity index (χ4n) is 3.04. The fraction of sp³-hybridized carbons (Fsp3) is 0.875. The quantitative estimate of drug-likeness (QED) is 0.580. The lowest BCUT2D eigenvalue weighted by atomic mass is 9.86. The molecule has 5 nitrogen and oxygen atoms in total. The van der Waals surface area contributed by atoms with Crippen LogP contribution in [0, 0.1) is 0 Å². The molecule has 21 heavy (non-hydrogen) atoms. The molecule has 0 fully saturated rings. The maximum atomic E-state index is 12.1. The van der Waals surface area contributed by atoms with E-state index < -0.39 is 23.0 Å². The first-order chi connectivity index (χ1) is 9.84. The van der Waals surface area contributed by atoms with E-state index in [1.54, 1.807) is 0 Å². The van der Waals surface area contributed by atoms with E-state index in [-0.39, 0.29) is 0 Å². The molecule has 4 N–H and O–H groups in total. The highest BCUT2D eigenvalue weighted by Gasteiger charge is 2.47. The molecule has 0 heterocycles. The van der Waals surface area contributed by atoms with Crippen LogP contribution in [0.15, 0.2) is 0 Å². The Morgan fingerprint density at radius 3 is 1.10 bits per heavy atom. The smallest absolute Gasteiger partial charge is 0.249 e. The molecule has 0 bridgehead atoms. The van der Waals surface area contributed by atoms with E-state index in [2.05, 4.69) is 0 Å². The Morgan fingerprint density at radius 2 is 0.952 bits per heavy atom. The van der Waals surface area contributed by atoms with Crippen LogP contribution in [0.1, 0.15) is 79.1 Å². The predicted octanol–water partition coefficient (Wildman–Crippen LogP) is 2.65. The normalized spacial score (nSPS) is 12.4. The van der Waals surface area contributed by atoms with Gasteiger partial charge in [-0.1, -0.05) is 53.4 Å². The Morgan fingerprint density at radius 1 is 0.714 bits per heavy atom. The number of carbonyl (C=O) groups is 2. The van der Waals surface area contributed by atoms with Crippen LogP contribution < -0.4 is 11.5 Å². The van der Waals surface area contributed by atoms with Crippen molar-refractivity contribution in [3.8, 4) is 0 Å². The first-order valence-corrected chi connectivity index (χ1v) is 8.14. The average molecular weight is 300 g/mol. The Bertz CT molecular complexity index is 298. The van der Waals surface area contributed by atoms with Gasteiger partial charge in [0, 0.05) is 0 Å². The molecular weight excluding hydrogens is 268 g/mol. The maximum Gasteiger partial charge on any atom is 0.249 e. The van der Waals surface area contributed by atoms with Crippen LogP contribution in [0.5, 0.6) is 0 Å². The van der Waals surface area contributed by atoms with Gasteiger partial charge in [0.2, 0.25) is 11.8 Å². The molecule has 0 aromatic rings. The molecule has 0 atom stereocenters. The molecule has 0 aliphatic heterocycles. The standard InChI is InChI=1S/C16H32N2O3/c1-5-9-15(10-6-2,13(17)19)21-16(11-7-3,12-8-4)14(18)20/h5-12H2,1-4H3,(H2,17,19)(H2,18,20). The van der Waals surface area contributed by atoms with Gasteiger partial charge in [-0.3, -0.25) is 9.59 Å². The van der Waals surface area contributed by atoms with Gasteiger partial charge in [-0.15, -0.1) is 0 Å². The molecule has 0 aliphatic rings. The number of hydrogen-bond donors (Lipinski definition) is 2. The van der Waals surface area contributed by atoms with Gasteiger partial charge in [0.1, 0.15) is 11.2 Å². The second-order valence-electron chi connectivity index (χ2n) is 5.82. The van der Waals surface area contributed by atoms with Crippen molar-refractivity contribution in [2.24, 2.45) is 11.5 Å². The van der Waals surface area contributed by atoms with Gasteiger partial charge in [0.25, 0.3) is 0 Å². The molecule has 0 rings (SSSR count). The van der Waals surface area contributed by atoms with Crippen molar-refractivity contribution >= 4 is 11.8 Å². The third-order valence-corrected chi connectivity index (χ3v) is 3.90. The molecule has 0 aromatic heterocycles. The summed E-state index contributed by atoms with van der Waals surface area (Å²) in [5, 5.41) is 0. The second-order valence-corrected chi connectivity index (χ2v) is 5.82. The van der Waals surface area contributed by atoms with Gasteiger partial charge in [-0.05, 0) is 25.7 Å². The second kappa shape index (κ2) is 9.03. The van der Waals surface area contributed by atoms with Gasteiger partial charge < -0.3 is 16.2 Å². The number of amides is 2. The lowest BCUT2D eigenvalue weighted by Crippen LogP contribution is -2.57. The third kappa shape index (κ3) is 4.99. The summed E-state index contributed by atoms with van der Waals surface area (Å²) in [6, 6.07) is 0. The molecule has 0 radical (unpaired) electrons. The summed E-state index contributed by atoms with van der Waals surface area (Å²) in [6.07, 6.45) is 5.09. The van der Waals surface area contributed by atoms with Crippen LogP contribution in [0.2, 0.25) is 0 Å². The topological polar surface area (TPSA) is 95.4 Å². The lowest BCUT2D eigenvalue weighted by molar-refractivity contribution is -0.188. The highest BCUT2D eigenvalue weighted by atomic mass is 16.5. The molecule has 0 spiro atoms. The van der Waals surface area contributed by atoms with Crippen molar-refractivity contribution in [2.45, 2.75) is 90.3 Å². The zero-order valence-corrected chi connectivity index (χ0v) is 14.0. The molecule has 5 heteroatoms. The lowest BCUT2D eigenvalue weighted by Gasteiger charge is -2.41. The molecule has 2 amide bonds. The molecule has 0 saturated heterocycles. The van der Waals surface area contributed by atoms with E-state index in [1.165, 1.54) is 0 Å². The van der Waals surface area contributed by atoms with Gasteiger partial charge in [0.15, 0.2) is 0 Å². The van der Waals surface area contributed by atoms with Crippen LogP contribution >= 0.6 is 0 Å².